The minimum Gasteiger partial charge on any atom is -0.486 e. The number of nitrogens with one attached hydrogen (secondary N) is 2. The van der Waals surface area contributed by atoms with E-state index >= 15 is 0 Å². The van der Waals surface area contributed by atoms with E-state index in [1.807, 2.05) is 13.0 Å². The van der Waals surface area contributed by atoms with E-state index in [1.165, 1.54) is 18.2 Å². The number of nitro groups is 1. The van der Waals surface area contributed by atoms with Crippen LogP contribution in [0, 0.1) is 10.1 Å². The third kappa shape index (κ3) is 4.56. The summed E-state index contributed by atoms with van der Waals surface area (Å²) >= 11 is 0. The SMILES string of the molecule is C[C@H](NC(=O)CNC(=O)c1cccc([N+](=O)[O-])c1)c1ccc2c(c1)OCCO2. The van der Waals surface area contributed by atoms with Crippen molar-refractivity contribution in [3.63, 3.8) is 0 Å². The van der Waals surface area contributed by atoms with Crippen molar-refractivity contribution >= 4 is 17.5 Å². The van der Waals surface area contributed by atoms with E-state index in [-0.39, 0.29) is 29.7 Å². The number of carbonyl (C=O) groups excluding carboxylic acids is 2. The molecular weight excluding hydrogens is 366 g/mol. The Labute approximate surface area is 160 Å². The molecule has 0 bridgehead atoms. The van der Waals surface area contributed by atoms with E-state index in [9.17, 15) is 19.7 Å². The fourth-order valence-corrected chi connectivity index (χ4v) is 2.73. The minimum atomic E-state index is -0.585. The van der Waals surface area contributed by atoms with Crippen LogP contribution in [0.1, 0.15) is 28.9 Å². The molecule has 2 aromatic carbocycles. The van der Waals surface area contributed by atoms with Gasteiger partial charge in [0.05, 0.1) is 17.5 Å². The Bertz CT molecular complexity index is 914. The lowest BCUT2D eigenvalue weighted by Crippen LogP contribution is -2.38. The highest BCUT2D eigenvalue weighted by Crippen LogP contribution is 2.32. The Morgan fingerprint density at radius 2 is 1.89 bits per heavy atom. The van der Waals surface area contributed by atoms with Crippen LogP contribution in [0.5, 0.6) is 11.5 Å². The number of non-ortho nitro benzene ring substituents is 1. The number of benzene rings is 2. The molecular formula is C19H19N3O6. The summed E-state index contributed by atoms with van der Waals surface area (Å²) in [5.74, 6) is 0.341. The highest BCUT2D eigenvalue weighted by Gasteiger charge is 2.17. The van der Waals surface area contributed by atoms with Crippen LogP contribution in [0.4, 0.5) is 5.69 Å². The van der Waals surface area contributed by atoms with E-state index in [2.05, 4.69) is 10.6 Å². The van der Waals surface area contributed by atoms with Gasteiger partial charge < -0.3 is 20.1 Å². The van der Waals surface area contributed by atoms with Crippen LogP contribution >= 0.6 is 0 Å². The molecule has 1 aliphatic heterocycles. The Balaban J connectivity index is 1.54. The fraction of sp³-hybridized carbons (Fsp3) is 0.263. The molecule has 28 heavy (non-hydrogen) atoms. The summed E-state index contributed by atoms with van der Waals surface area (Å²) in [7, 11) is 0. The predicted octanol–water partition coefficient (Wildman–Crippen LogP) is 1.97. The first-order valence-electron chi connectivity index (χ1n) is 8.65. The average Bonchev–Trinajstić information content (AvgIpc) is 2.71. The zero-order chi connectivity index (χ0) is 20.1. The second kappa shape index (κ2) is 8.38. The standard InChI is InChI=1S/C19H19N3O6/c1-12(13-5-6-16-17(10-13)28-8-7-27-16)21-18(23)11-20-19(24)14-3-2-4-15(9-14)22(25)26/h2-6,9-10,12H,7-8,11H2,1H3,(H,20,24)(H,21,23)/t12-/m0/s1. The Hall–Kier alpha value is -3.62. The number of rotatable bonds is 6. The number of hydrogen-bond acceptors (Lipinski definition) is 6. The Kier molecular flexibility index (Phi) is 5.73. The minimum absolute atomic E-state index is 0.113. The Morgan fingerprint density at radius 1 is 1.14 bits per heavy atom. The van der Waals surface area contributed by atoms with Crippen molar-refractivity contribution < 1.29 is 24.0 Å². The number of nitrogens with zero attached hydrogens (tertiary/aromatic N) is 1. The first-order chi connectivity index (χ1) is 13.4. The summed E-state index contributed by atoms with van der Waals surface area (Å²) in [5, 5.41) is 16.0. The van der Waals surface area contributed by atoms with Gasteiger partial charge in [-0.05, 0) is 30.7 Å². The number of nitro benzene ring substituents is 1. The summed E-state index contributed by atoms with van der Waals surface area (Å²) in [4.78, 5) is 34.4. The van der Waals surface area contributed by atoms with Crippen molar-refractivity contribution in [2.24, 2.45) is 0 Å². The molecule has 2 aromatic rings. The van der Waals surface area contributed by atoms with Crippen LogP contribution in [0.25, 0.3) is 0 Å². The van der Waals surface area contributed by atoms with Crippen molar-refractivity contribution in [1.82, 2.24) is 10.6 Å². The molecule has 1 aliphatic rings. The molecule has 9 nitrogen and oxygen atoms in total. The lowest BCUT2D eigenvalue weighted by molar-refractivity contribution is -0.384. The summed E-state index contributed by atoms with van der Waals surface area (Å²) in [6.45, 7) is 2.53. The summed E-state index contributed by atoms with van der Waals surface area (Å²) in [6.07, 6.45) is 0. The lowest BCUT2D eigenvalue weighted by atomic mass is 10.1. The zero-order valence-corrected chi connectivity index (χ0v) is 15.1. The predicted molar refractivity (Wildman–Crippen MR) is 99.4 cm³/mol. The number of fused-ring (bicyclic) bond motifs is 1. The maximum Gasteiger partial charge on any atom is 0.270 e. The van der Waals surface area contributed by atoms with E-state index in [0.29, 0.717) is 24.7 Å². The van der Waals surface area contributed by atoms with E-state index in [4.69, 9.17) is 9.47 Å². The smallest absolute Gasteiger partial charge is 0.270 e. The van der Waals surface area contributed by atoms with Gasteiger partial charge in [0.15, 0.2) is 11.5 Å². The van der Waals surface area contributed by atoms with Crippen LogP contribution in [0.2, 0.25) is 0 Å². The van der Waals surface area contributed by atoms with Crippen LogP contribution < -0.4 is 20.1 Å². The Morgan fingerprint density at radius 3 is 2.64 bits per heavy atom. The molecule has 0 saturated heterocycles. The van der Waals surface area contributed by atoms with Gasteiger partial charge in [0, 0.05) is 17.7 Å². The molecule has 0 spiro atoms. The van der Waals surface area contributed by atoms with Crippen molar-refractivity contribution in [3.8, 4) is 11.5 Å². The van der Waals surface area contributed by atoms with Gasteiger partial charge in [0.1, 0.15) is 13.2 Å². The first-order valence-corrected chi connectivity index (χ1v) is 8.65. The van der Waals surface area contributed by atoms with Gasteiger partial charge in [-0.25, -0.2) is 0 Å². The second-order valence-corrected chi connectivity index (χ2v) is 6.18. The number of hydrogen-bond donors (Lipinski definition) is 2. The molecule has 1 heterocycles. The maximum absolute atomic E-state index is 12.1. The van der Waals surface area contributed by atoms with Crippen LogP contribution in [0.15, 0.2) is 42.5 Å². The van der Waals surface area contributed by atoms with E-state index in [1.54, 1.807) is 12.1 Å². The third-order valence-electron chi connectivity index (χ3n) is 4.17. The van der Waals surface area contributed by atoms with Crippen LogP contribution in [0.3, 0.4) is 0 Å². The van der Waals surface area contributed by atoms with Gasteiger partial charge in [-0.15, -0.1) is 0 Å². The highest BCUT2D eigenvalue weighted by atomic mass is 16.6. The molecule has 0 fully saturated rings. The largest absolute Gasteiger partial charge is 0.486 e. The molecule has 1 atom stereocenters. The normalized spacial score (nSPS) is 13.3. The third-order valence-corrected chi connectivity index (χ3v) is 4.17. The van der Waals surface area contributed by atoms with Crippen molar-refractivity contribution in [2.45, 2.75) is 13.0 Å². The van der Waals surface area contributed by atoms with E-state index in [0.717, 1.165) is 11.6 Å². The van der Waals surface area contributed by atoms with Gasteiger partial charge in [0.2, 0.25) is 5.91 Å². The quantitative estimate of drug-likeness (QED) is 0.579. The number of carbonyl (C=O) groups is 2. The molecule has 0 saturated carbocycles. The zero-order valence-electron chi connectivity index (χ0n) is 15.1. The summed E-state index contributed by atoms with van der Waals surface area (Å²) in [6, 6.07) is 10.4. The van der Waals surface area contributed by atoms with Crippen LogP contribution in [-0.2, 0) is 4.79 Å². The van der Waals surface area contributed by atoms with Gasteiger partial charge in [-0.2, -0.15) is 0 Å². The van der Waals surface area contributed by atoms with Gasteiger partial charge in [-0.3, -0.25) is 19.7 Å². The summed E-state index contributed by atoms with van der Waals surface area (Å²) < 4.78 is 11.0. The molecule has 3 rings (SSSR count). The molecule has 0 radical (unpaired) electrons. The molecule has 2 amide bonds. The van der Waals surface area contributed by atoms with Gasteiger partial charge in [-0.1, -0.05) is 12.1 Å². The van der Waals surface area contributed by atoms with Crippen molar-refractivity contribution in [1.29, 1.82) is 0 Å². The van der Waals surface area contributed by atoms with E-state index < -0.39 is 10.8 Å². The molecule has 2 N–H and O–H groups in total. The molecule has 0 aliphatic carbocycles. The summed E-state index contributed by atoms with van der Waals surface area (Å²) in [5.41, 5.74) is 0.758. The van der Waals surface area contributed by atoms with Gasteiger partial charge in [0.25, 0.3) is 11.6 Å². The van der Waals surface area contributed by atoms with Crippen LogP contribution in [-0.4, -0.2) is 36.5 Å². The topological polar surface area (TPSA) is 120 Å². The molecule has 0 aromatic heterocycles. The molecule has 146 valence electrons. The van der Waals surface area contributed by atoms with Crippen molar-refractivity contribution in [3.05, 3.63) is 63.7 Å². The second-order valence-electron chi connectivity index (χ2n) is 6.18. The lowest BCUT2D eigenvalue weighted by Gasteiger charge is -2.21. The monoisotopic (exact) mass is 385 g/mol. The molecule has 9 heteroatoms. The number of amides is 2. The number of ether oxygens (including phenoxy) is 2. The molecule has 0 unspecified atom stereocenters. The maximum atomic E-state index is 12.1. The first kappa shape index (κ1) is 19.2. The highest BCUT2D eigenvalue weighted by molar-refractivity contribution is 5.97. The average molecular weight is 385 g/mol. The van der Waals surface area contributed by atoms with Gasteiger partial charge >= 0.3 is 0 Å². The van der Waals surface area contributed by atoms with Crippen molar-refractivity contribution in [2.75, 3.05) is 19.8 Å². The fourth-order valence-electron chi connectivity index (χ4n) is 2.73.